The molecule has 0 atom stereocenters. The molecular formula is C15H14N2O2S2. The van der Waals surface area contributed by atoms with E-state index in [9.17, 15) is 8.42 Å². The maximum Gasteiger partial charge on any atom is 0.271 e. The standard InChI is InChI=1S/C15H14N2O2S2/c1-16-12-7-3-4-8-13(12)17-21(18,19)15-10-11-6-2-5-9-14(11)20-15/h2-10,16-17H,1H3. The number of benzene rings is 2. The number of thiophene rings is 1. The smallest absolute Gasteiger partial charge is 0.271 e. The summed E-state index contributed by atoms with van der Waals surface area (Å²) in [5.74, 6) is 0. The third-order valence-corrected chi connectivity index (χ3v) is 6.06. The first-order valence-corrected chi connectivity index (χ1v) is 8.68. The van der Waals surface area contributed by atoms with Gasteiger partial charge in [-0.2, -0.15) is 0 Å². The highest BCUT2D eigenvalue weighted by Gasteiger charge is 2.18. The number of rotatable bonds is 4. The van der Waals surface area contributed by atoms with Crippen LogP contribution < -0.4 is 10.0 Å². The molecule has 0 saturated heterocycles. The molecule has 6 heteroatoms. The summed E-state index contributed by atoms with van der Waals surface area (Å²) in [7, 11) is -1.82. The van der Waals surface area contributed by atoms with Crippen LogP contribution in [0, 0.1) is 0 Å². The van der Waals surface area contributed by atoms with Crippen LogP contribution in [-0.2, 0) is 10.0 Å². The molecule has 3 aromatic rings. The lowest BCUT2D eigenvalue weighted by Crippen LogP contribution is -2.12. The van der Waals surface area contributed by atoms with Gasteiger partial charge in [0.25, 0.3) is 10.0 Å². The first-order valence-electron chi connectivity index (χ1n) is 6.38. The fraction of sp³-hybridized carbons (Fsp3) is 0.0667. The Morgan fingerprint density at radius 3 is 2.33 bits per heavy atom. The molecule has 21 heavy (non-hydrogen) atoms. The van der Waals surface area contributed by atoms with Gasteiger partial charge in [0.2, 0.25) is 0 Å². The highest BCUT2D eigenvalue weighted by atomic mass is 32.2. The van der Waals surface area contributed by atoms with Crippen molar-refractivity contribution in [3.63, 3.8) is 0 Å². The van der Waals surface area contributed by atoms with E-state index in [-0.39, 0.29) is 0 Å². The summed E-state index contributed by atoms with van der Waals surface area (Å²) in [6.45, 7) is 0. The van der Waals surface area contributed by atoms with Crippen molar-refractivity contribution in [3.05, 3.63) is 54.6 Å². The van der Waals surface area contributed by atoms with E-state index < -0.39 is 10.0 Å². The molecule has 0 amide bonds. The second-order valence-corrected chi connectivity index (χ2v) is 7.50. The molecule has 0 fully saturated rings. The Kier molecular flexibility index (Phi) is 3.57. The number of hydrogen-bond acceptors (Lipinski definition) is 4. The average molecular weight is 318 g/mol. The van der Waals surface area contributed by atoms with Crippen molar-refractivity contribution >= 4 is 42.8 Å². The molecule has 2 aromatic carbocycles. The number of anilines is 2. The molecule has 0 spiro atoms. The normalized spacial score (nSPS) is 11.5. The Balaban J connectivity index is 2.00. The predicted molar refractivity (Wildman–Crippen MR) is 88.6 cm³/mol. The Morgan fingerprint density at radius 2 is 1.62 bits per heavy atom. The molecule has 1 heterocycles. The van der Waals surface area contributed by atoms with E-state index in [1.807, 2.05) is 36.4 Å². The highest BCUT2D eigenvalue weighted by molar-refractivity contribution is 7.94. The van der Waals surface area contributed by atoms with Gasteiger partial charge in [0.15, 0.2) is 0 Å². The molecule has 0 aliphatic carbocycles. The molecule has 2 N–H and O–H groups in total. The van der Waals surface area contributed by atoms with Crippen molar-refractivity contribution in [2.75, 3.05) is 17.1 Å². The maximum atomic E-state index is 12.5. The summed E-state index contributed by atoms with van der Waals surface area (Å²) in [6.07, 6.45) is 0. The first-order chi connectivity index (χ1) is 10.1. The van der Waals surface area contributed by atoms with Crippen LogP contribution in [0.1, 0.15) is 0 Å². The lowest BCUT2D eigenvalue weighted by atomic mass is 10.3. The van der Waals surface area contributed by atoms with Crippen LogP contribution in [0.2, 0.25) is 0 Å². The van der Waals surface area contributed by atoms with Gasteiger partial charge >= 0.3 is 0 Å². The van der Waals surface area contributed by atoms with Crippen molar-refractivity contribution in [1.82, 2.24) is 0 Å². The Labute approximate surface area is 127 Å². The van der Waals surface area contributed by atoms with Crippen LogP contribution in [-0.4, -0.2) is 15.5 Å². The molecule has 0 saturated carbocycles. The summed E-state index contributed by atoms with van der Waals surface area (Å²) in [4.78, 5) is 0. The minimum atomic E-state index is -3.58. The zero-order chi connectivity index (χ0) is 14.9. The van der Waals surface area contributed by atoms with E-state index in [0.29, 0.717) is 9.90 Å². The summed E-state index contributed by atoms with van der Waals surface area (Å²) in [5, 5.41) is 3.91. The van der Waals surface area contributed by atoms with Crippen LogP contribution in [0.5, 0.6) is 0 Å². The second-order valence-electron chi connectivity index (χ2n) is 4.50. The quantitative estimate of drug-likeness (QED) is 0.770. The number of sulfonamides is 1. The number of para-hydroxylation sites is 2. The van der Waals surface area contributed by atoms with Gasteiger partial charge in [0, 0.05) is 11.7 Å². The van der Waals surface area contributed by atoms with Crippen LogP contribution in [0.25, 0.3) is 10.1 Å². The van der Waals surface area contributed by atoms with Gasteiger partial charge in [0.1, 0.15) is 4.21 Å². The largest absolute Gasteiger partial charge is 0.386 e. The van der Waals surface area contributed by atoms with Crippen LogP contribution >= 0.6 is 11.3 Å². The zero-order valence-corrected chi connectivity index (χ0v) is 13.0. The molecule has 0 bridgehead atoms. The van der Waals surface area contributed by atoms with Gasteiger partial charge in [-0.15, -0.1) is 11.3 Å². The molecule has 1 aromatic heterocycles. The minimum absolute atomic E-state index is 0.314. The van der Waals surface area contributed by atoms with Gasteiger partial charge in [-0.1, -0.05) is 30.3 Å². The Morgan fingerprint density at radius 1 is 0.952 bits per heavy atom. The topological polar surface area (TPSA) is 58.2 Å². The summed E-state index contributed by atoms with van der Waals surface area (Å²) >= 11 is 1.27. The maximum absolute atomic E-state index is 12.5. The second kappa shape index (κ2) is 5.38. The van der Waals surface area contributed by atoms with Crippen LogP contribution in [0.4, 0.5) is 11.4 Å². The van der Waals surface area contributed by atoms with E-state index in [1.165, 1.54) is 11.3 Å². The summed E-state index contributed by atoms with van der Waals surface area (Å²) in [6, 6.07) is 16.5. The molecule has 0 radical (unpaired) electrons. The highest BCUT2D eigenvalue weighted by Crippen LogP contribution is 2.31. The van der Waals surface area contributed by atoms with Crippen molar-refractivity contribution in [2.24, 2.45) is 0 Å². The molecule has 4 nitrogen and oxygen atoms in total. The fourth-order valence-electron chi connectivity index (χ4n) is 2.08. The molecule has 3 rings (SSSR count). The van der Waals surface area contributed by atoms with E-state index in [4.69, 9.17) is 0 Å². The predicted octanol–water partition coefficient (Wildman–Crippen LogP) is 3.74. The molecule has 0 aliphatic rings. The molecule has 0 unspecified atom stereocenters. The fourth-order valence-corrected chi connectivity index (χ4v) is 4.55. The van der Waals surface area contributed by atoms with E-state index in [2.05, 4.69) is 10.0 Å². The van der Waals surface area contributed by atoms with E-state index >= 15 is 0 Å². The van der Waals surface area contributed by atoms with Gasteiger partial charge in [-0.05, 0) is 29.7 Å². The van der Waals surface area contributed by atoms with Gasteiger partial charge < -0.3 is 5.32 Å². The van der Waals surface area contributed by atoms with Crippen molar-refractivity contribution in [1.29, 1.82) is 0 Å². The Bertz CT molecular complexity index is 852. The monoisotopic (exact) mass is 318 g/mol. The van der Waals surface area contributed by atoms with Gasteiger partial charge in [-0.3, -0.25) is 4.72 Å². The number of nitrogens with one attached hydrogen (secondary N) is 2. The summed E-state index contributed by atoms with van der Waals surface area (Å²) in [5.41, 5.74) is 1.28. The van der Waals surface area contributed by atoms with Crippen LogP contribution in [0.3, 0.4) is 0 Å². The molecule has 0 aliphatic heterocycles. The van der Waals surface area contributed by atoms with E-state index in [1.54, 1.807) is 25.2 Å². The third-order valence-electron chi connectivity index (χ3n) is 3.11. The van der Waals surface area contributed by atoms with Crippen molar-refractivity contribution < 1.29 is 8.42 Å². The average Bonchev–Trinajstić information content (AvgIpc) is 2.92. The third kappa shape index (κ3) is 2.72. The van der Waals surface area contributed by atoms with Crippen LogP contribution in [0.15, 0.2) is 58.8 Å². The van der Waals surface area contributed by atoms with Gasteiger partial charge in [0.05, 0.1) is 11.4 Å². The van der Waals surface area contributed by atoms with Crippen molar-refractivity contribution in [3.8, 4) is 0 Å². The zero-order valence-electron chi connectivity index (χ0n) is 11.3. The first kappa shape index (κ1) is 13.9. The number of hydrogen-bond donors (Lipinski definition) is 2. The van der Waals surface area contributed by atoms with E-state index in [0.717, 1.165) is 15.8 Å². The lowest BCUT2D eigenvalue weighted by molar-refractivity contribution is 0.603. The minimum Gasteiger partial charge on any atom is -0.386 e. The van der Waals surface area contributed by atoms with Crippen molar-refractivity contribution in [2.45, 2.75) is 4.21 Å². The SMILES string of the molecule is CNc1ccccc1NS(=O)(=O)c1cc2ccccc2s1. The molecular weight excluding hydrogens is 304 g/mol. The lowest BCUT2D eigenvalue weighted by Gasteiger charge is -2.10. The van der Waals surface area contributed by atoms with Gasteiger partial charge in [-0.25, -0.2) is 8.42 Å². The number of fused-ring (bicyclic) bond motifs is 1. The summed E-state index contributed by atoms with van der Waals surface area (Å²) < 4.78 is 28.9. The Hall–Kier alpha value is -2.05. The molecule has 108 valence electrons.